The van der Waals surface area contributed by atoms with Crippen molar-refractivity contribution in [1.82, 2.24) is 15.1 Å². The Bertz CT molecular complexity index is 855. The Morgan fingerprint density at radius 1 is 1.08 bits per heavy atom. The van der Waals surface area contributed by atoms with Crippen LogP contribution in [-0.4, -0.2) is 22.4 Å². The van der Waals surface area contributed by atoms with Crippen LogP contribution in [0.1, 0.15) is 11.1 Å². The lowest BCUT2D eigenvalue weighted by Crippen LogP contribution is -2.30. The van der Waals surface area contributed by atoms with Crippen molar-refractivity contribution in [3.8, 4) is 11.3 Å². The van der Waals surface area contributed by atoms with Crippen LogP contribution in [0.3, 0.4) is 0 Å². The van der Waals surface area contributed by atoms with Gasteiger partial charge in [0.1, 0.15) is 0 Å². The largest absolute Gasteiger partial charge is 0.337 e. The second-order valence-corrected chi connectivity index (χ2v) is 6.02. The van der Waals surface area contributed by atoms with Gasteiger partial charge in [0.15, 0.2) is 5.82 Å². The van der Waals surface area contributed by atoms with E-state index in [-0.39, 0.29) is 6.03 Å². The second-order valence-electron chi connectivity index (χ2n) is 6.02. The Labute approximate surface area is 147 Å². The highest BCUT2D eigenvalue weighted by Crippen LogP contribution is 2.21. The fourth-order valence-corrected chi connectivity index (χ4v) is 2.76. The Hall–Kier alpha value is -3.08. The molecule has 0 saturated carbocycles. The van der Waals surface area contributed by atoms with E-state index in [0.717, 1.165) is 17.7 Å². The third-order valence-corrected chi connectivity index (χ3v) is 3.97. The zero-order valence-electron chi connectivity index (χ0n) is 14.5. The Morgan fingerprint density at radius 2 is 1.88 bits per heavy atom. The molecule has 0 atom stereocenters. The third-order valence-electron chi connectivity index (χ3n) is 3.97. The van der Waals surface area contributed by atoms with Crippen LogP contribution in [0.5, 0.6) is 0 Å². The number of aryl methyl sites for hydroxylation is 2. The average molecular weight is 334 g/mol. The molecule has 3 aromatic rings. The molecule has 0 unspecified atom stereocenters. The maximum atomic E-state index is 12.1. The minimum absolute atomic E-state index is 0.245. The Morgan fingerprint density at radius 3 is 2.64 bits per heavy atom. The van der Waals surface area contributed by atoms with Gasteiger partial charge < -0.3 is 5.32 Å². The van der Waals surface area contributed by atoms with Crippen LogP contribution in [0.4, 0.5) is 10.6 Å². The lowest BCUT2D eigenvalue weighted by Gasteiger charge is -2.06. The van der Waals surface area contributed by atoms with Crippen molar-refractivity contribution in [3.05, 3.63) is 71.8 Å². The number of urea groups is 1. The van der Waals surface area contributed by atoms with Crippen LogP contribution in [0.2, 0.25) is 0 Å². The van der Waals surface area contributed by atoms with E-state index < -0.39 is 0 Å². The number of carbonyl (C=O) groups is 1. The van der Waals surface area contributed by atoms with Crippen LogP contribution in [0.25, 0.3) is 11.3 Å². The minimum atomic E-state index is -0.245. The molecule has 25 heavy (non-hydrogen) atoms. The van der Waals surface area contributed by atoms with Crippen molar-refractivity contribution in [2.75, 3.05) is 11.9 Å². The lowest BCUT2D eigenvalue weighted by molar-refractivity contribution is 0.252. The number of hydrogen-bond donors (Lipinski definition) is 2. The fourth-order valence-electron chi connectivity index (χ4n) is 2.76. The molecular formula is C20H22N4O. The molecule has 2 aromatic carbocycles. The summed E-state index contributed by atoms with van der Waals surface area (Å²) in [7, 11) is 1.86. The van der Waals surface area contributed by atoms with Crippen LogP contribution < -0.4 is 10.6 Å². The summed E-state index contributed by atoms with van der Waals surface area (Å²) in [4.78, 5) is 12.1. The van der Waals surface area contributed by atoms with Crippen molar-refractivity contribution < 1.29 is 4.79 Å². The number of nitrogens with one attached hydrogen (secondary N) is 2. The van der Waals surface area contributed by atoms with E-state index in [1.54, 1.807) is 4.68 Å². The van der Waals surface area contributed by atoms with Gasteiger partial charge in [0.05, 0.1) is 5.69 Å². The first-order valence-electron chi connectivity index (χ1n) is 8.32. The van der Waals surface area contributed by atoms with Gasteiger partial charge in [-0.2, -0.15) is 5.10 Å². The number of hydrogen-bond acceptors (Lipinski definition) is 2. The van der Waals surface area contributed by atoms with Gasteiger partial charge in [0.25, 0.3) is 0 Å². The van der Waals surface area contributed by atoms with E-state index in [1.165, 1.54) is 11.1 Å². The third kappa shape index (κ3) is 4.47. The van der Waals surface area contributed by atoms with Gasteiger partial charge in [-0.3, -0.25) is 10.00 Å². The van der Waals surface area contributed by atoms with Gasteiger partial charge in [0, 0.05) is 19.7 Å². The van der Waals surface area contributed by atoms with Gasteiger partial charge in [-0.25, -0.2) is 4.79 Å². The average Bonchev–Trinajstić information content (AvgIpc) is 2.96. The summed E-state index contributed by atoms with van der Waals surface area (Å²) in [5.74, 6) is 0.536. The monoisotopic (exact) mass is 334 g/mol. The number of rotatable bonds is 5. The van der Waals surface area contributed by atoms with Crippen molar-refractivity contribution >= 4 is 11.8 Å². The highest BCUT2D eigenvalue weighted by atomic mass is 16.2. The van der Waals surface area contributed by atoms with Crippen LogP contribution in [0.15, 0.2) is 60.7 Å². The molecule has 0 saturated heterocycles. The van der Waals surface area contributed by atoms with E-state index in [0.29, 0.717) is 12.4 Å². The molecule has 1 aromatic heterocycles. The van der Waals surface area contributed by atoms with Gasteiger partial charge in [-0.15, -0.1) is 0 Å². The molecular weight excluding hydrogens is 312 g/mol. The van der Waals surface area contributed by atoms with E-state index in [2.05, 4.69) is 40.9 Å². The van der Waals surface area contributed by atoms with Gasteiger partial charge in [-0.05, 0) is 24.5 Å². The van der Waals surface area contributed by atoms with E-state index in [9.17, 15) is 4.79 Å². The number of nitrogens with zero attached hydrogens (tertiary/aromatic N) is 2. The Kier molecular flexibility index (Phi) is 5.14. The Balaban J connectivity index is 1.55. The molecule has 0 aliphatic rings. The van der Waals surface area contributed by atoms with E-state index >= 15 is 0 Å². The molecule has 128 valence electrons. The summed E-state index contributed by atoms with van der Waals surface area (Å²) in [6.45, 7) is 2.64. The second kappa shape index (κ2) is 7.66. The summed E-state index contributed by atoms with van der Waals surface area (Å²) >= 11 is 0. The fraction of sp³-hybridized carbons (Fsp3) is 0.200. The molecule has 0 aliphatic heterocycles. The first-order chi connectivity index (χ1) is 12.1. The molecule has 2 N–H and O–H groups in total. The predicted octanol–water partition coefficient (Wildman–Crippen LogP) is 3.76. The molecule has 3 rings (SSSR count). The highest BCUT2D eigenvalue weighted by molar-refractivity contribution is 5.88. The SMILES string of the molecule is Cc1cccc(CCNC(=O)Nc2cc(-c3ccccc3)n(C)n2)c1. The zero-order chi connectivity index (χ0) is 17.6. The summed E-state index contributed by atoms with van der Waals surface area (Å²) in [6.07, 6.45) is 0.798. The zero-order valence-corrected chi connectivity index (χ0v) is 14.5. The van der Waals surface area contributed by atoms with Crippen LogP contribution in [0, 0.1) is 6.92 Å². The number of carbonyl (C=O) groups excluding carboxylic acids is 1. The minimum Gasteiger partial charge on any atom is -0.337 e. The van der Waals surface area contributed by atoms with Crippen molar-refractivity contribution in [3.63, 3.8) is 0 Å². The highest BCUT2D eigenvalue weighted by Gasteiger charge is 2.09. The van der Waals surface area contributed by atoms with E-state index in [1.807, 2.05) is 49.5 Å². The molecule has 0 radical (unpaired) electrons. The summed E-state index contributed by atoms with van der Waals surface area (Å²) < 4.78 is 1.76. The molecule has 2 amide bonds. The lowest BCUT2D eigenvalue weighted by atomic mass is 10.1. The maximum Gasteiger partial charge on any atom is 0.320 e. The molecule has 0 aliphatic carbocycles. The molecule has 5 nitrogen and oxygen atoms in total. The molecule has 1 heterocycles. The van der Waals surface area contributed by atoms with Gasteiger partial charge in [-0.1, -0.05) is 60.2 Å². The summed E-state index contributed by atoms with van der Waals surface area (Å²) in [5.41, 5.74) is 4.45. The standard InChI is InChI=1S/C20H22N4O/c1-15-7-6-8-16(13-15)11-12-21-20(25)22-19-14-18(24(2)23-19)17-9-4-3-5-10-17/h3-10,13-14H,11-12H2,1-2H3,(H2,21,22,23,25). The molecule has 0 spiro atoms. The summed E-state index contributed by atoms with van der Waals surface area (Å²) in [6, 6.07) is 19.9. The molecule has 0 bridgehead atoms. The first kappa shape index (κ1) is 16.8. The van der Waals surface area contributed by atoms with Crippen molar-refractivity contribution in [2.24, 2.45) is 7.05 Å². The van der Waals surface area contributed by atoms with Crippen molar-refractivity contribution in [1.29, 1.82) is 0 Å². The van der Waals surface area contributed by atoms with E-state index in [4.69, 9.17) is 0 Å². The molecule has 5 heteroatoms. The van der Waals surface area contributed by atoms with Crippen LogP contribution >= 0.6 is 0 Å². The molecule has 0 fully saturated rings. The predicted molar refractivity (Wildman–Crippen MR) is 101 cm³/mol. The van der Waals surface area contributed by atoms with Crippen LogP contribution in [-0.2, 0) is 13.5 Å². The smallest absolute Gasteiger partial charge is 0.320 e. The van der Waals surface area contributed by atoms with Crippen molar-refractivity contribution in [2.45, 2.75) is 13.3 Å². The number of benzene rings is 2. The number of aromatic nitrogens is 2. The topological polar surface area (TPSA) is 59.0 Å². The van der Waals surface area contributed by atoms with Gasteiger partial charge >= 0.3 is 6.03 Å². The summed E-state index contributed by atoms with van der Waals surface area (Å²) in [5, 5.41) is 10.0. The van der Waals surface area contributed by atoms with Gasteiger partial charge in [0.2, 0.25) is 0 Å². The number of anilines is 1. The number of amides is 2. The maximum absolute atomic E-state index is 12.1. The quantitative estimate of drug-likeness (QED) is 0.746. The normalized spacial score (nSPS) is 10.5. The first-order valence-corrected chi connectivity index (χ1v) is 8.32.